The number of ether oxygens (including phenoxy) is 2. The highest BCUT2D eigenvalue weighted by molar-refractivity contribution is 5.93. The number of amides is 2. The summed E-state index contributed by atoms with van der Waals surface area (Å²) >= 11 is 0. The highest BCUT2D eigenvalue weighted by Crippen LogP contribution is 2.19. The van der Waals surface area contributed by atoms with Crippen LogP contribution in [-0.2, 0) is 9.53 Å². The number of benzene rings is 1. The number of nitrogens with one attached hydrogen (secondary N) is 2. The van der Waals surface area contributed by atoms with E-state index in [1.54, 1.807) is 51.1 Å². The van der Waals surface area contributed by atoms with Crippen LogP contribution < -0.4 is 15.4 Å². The molecule has 2 aromatic rings. The fourth-order valence-electron chi connectivity index (χ4n) is 1.84. The first-order valence-electron chi connectivity index (χ1n) is 7.42. The molecule has 1 heterocycles. The van der Waals surface area contributed by atoms with Crippen LogP contribution in [0.1, 0.15) is 19.6 Å². The van der Waals surface area contributed by atoms with Gasteiger partial charge in [-0.05, 0) is 32.9 Å². The number of carbonyl (C=O) groups excluding carboxylic acids is 2. The quantitative estimate of drug-likeness (QED) is 0.842. The molecule has 2 amide bonds. The van der Waals surface area contributed by atoms with Crippen molar-refractivity contribution < 1.29 is 23.6 Å². The minimum Gasteiger partial charge on any atom is -0.481 e. The Kier molecular flexibility index (Phi) is 5.78. The van der Waals surface area contributed by atoms with Gasteiger partial charge in [0.25, 0.3) is 5.91 Å². The van der Waals surface area contributed by atoms with E-state index in [1.807, 2.05) is 0 Å². The predicted octanol–water partition coefficient (Wildman–Crippen LogP) is 2.96. The van der Waals surface area contributed by atoms with E-state index in [2.05, 4.69) is 15.8 Å². The van der Waals surface area contributed by atoms with Crippen LogP contribution in [0.2, 0.25) is 0 Å². The summed E-state index contributed by atoms with van der Waals surface area (Å²) in [7, 11) is 0. The maximum Gasteiger partial charge on any atom is 0.411 e. The van der Waals surface area contributed by atoms with Crippen LogP contribution >= 0.6 is 0 Å². The molecule has 0 bridgehead atoms. The Labute approximate surface area is 139 Å². The number of hydrogen-bond donors (Lipinski definition) is 2. The lowest BCUT2D eigenvalue weighted by atomic mass is 10.3. The van der Waals surface area contributed by atoms with E-state index in [9.17, 15) is 9.59 Å². The second-order valence-electron chi connectivity index (χ2n) is 4.95. The lowest BCUT2D eigenvalue weighted by Crippen LogP contribution is -2.30. The molecule has 8 heteroatoms. The lowest BCUT2D eigenvalue weighted by molar-refractivity contribution is -0.122. The van der Waals surface area contributed by atoms with E-state index in [0.717, 1.165) is 0 Å². The summed E-state index contributed by atoms with van der Waals surface area (Å²) in [6.45, 7) is 5.33. The number of aryl methyl sites for hydroxylation is 1. The largest absolute Gasteiger partial charge is 0.481 e. The summed E-state index contributed by atoms with van der Waals surface area (Å²) in [5.74, 6) is 0.984. The molecule has 0 aliphatic rings. The zero-order valence-corrected chi connectivity index (χ0v) is 13.7. The second kappa shape index (κ2) is 8.00. The zero-order valence-electron chi connectivity index (χ0n) is 13.7. The first-order chi connectivity index (χ1) is 11.5. The van der Waals surface area contributed by atoms with Crippen molar-refractivity contribution in [2.45, 2.75) is 26.9 Å². The molecule has 24 heavy (non-hydrogen) atoms. The van der Waals surface area contributed by atoms with Crippen LogP contribution in [0.4, 0.5) is 16.3 Å². The molecule has 0 spiro atoms. The Hall–Kier alpha value is -3.03. The molecule has 0 aliphatic carbocycles. The molecule has 0 saturated heterocycles. The highest BCUT2D eigenvalue weighted by atomic mass is 16.5. The van der Waals surface area contributed by atoms with Crippen molar-refractivity contribution in [1.29, 1.82) is 0 Å². The van der Waals surface area contributed by atoms with Crippen LogP contribution in [0.25, 0.3) is 0 Å². The number of rotatable bonds is 6. The molecule has 1 aromatic carbocycles. The molecule has 0 radical (unpaired) electrons. The third kappa shape index (κ3) is 5.01. The van der Waals surface area contributed by atoms with Gasteiger partial charge in [0.05, 0.1) is 6.61 Å². The summed E-state index contributed by atoms with van der Waals surface area (Å²) in [6.07, 6.45) is -1.32. The summed E-state index contributed by atoms with van der Waals surface area (Å²) in [6, 6.07) is 8.27. The van der Waals surface area contributed by atoms with Crippen LogP contribution in [0.3, 0.4) is 0 Å². The third-order valence-electron chi connectivity index (χ3n) is 2.92. The highest BCUT2D eigenvalue weighted by Gasteiger charge is 2.16. The van der Waals surface area contributed by atoms with E-state index in [-0.39, 0.29) is 12.5 Å². The van der Waals surface area contributed by atoms with Crippen molar-refractivity contribution in [3.63, 3.8) is 0 Å². The minimum absolute atomic E-state index is 0.279. The van der Waals surface area contributed by atoms with Crippen molar-refractivity contribution in [3.8, 4) is 5.75 Å². The SMILES string of the molecule is CCOC(=O)Nc1cccc(O[C@H](C)C(=O)Nc2cc(C)on2)c1. The molecule has 1 atom stereocenters. The molecule has 2 N–H and O–H groups in total. The number of aromatic nitrogens is 1. The van der Waals surface area contributed by atoms with Gasteiger partial charge in [-0.2, -0.15) is 0 Å². The van der Waals surface area contributed by atoms with E-state index in [1.165, 1.54) is 0 Å². The van der Waals surface area contributed by atoms with Gasteiger partial charge in [-0.3, -0.25) is 10.1 Å². The Morgan fingerprint density at radius 1 is 1.29 bits per heavy atom. The molecule has 2 rings (SSSR count). The van der Waals surface area contributed by atoms with Crippen LogP contribution in [0.15, 0.2) is 34.9 Å². The lowest BCUT2D eigenvalue weighted by Gasteiger charge is -2.14. The maximum absolute atomic E-state index is 12.1. The van der Waals surface area contributed by atoms with E-state index >= 15 is 0 Å². The van der Waals surface area contributed by atoms with Gasteiger partial charge in [0.2, 0.25) is 0 Å². The van der Waals surface area contributed by atoms with Crippen molar-refractivity contribution in [2.75, 3.05) is 17.2 Å². The number of carbonyl (C=O) groups is 2. The number of hydrogen-bond acceptors (Lipinski definition) is 6. The monoisotopic (exact) mass is 333 g/mol. The van der Waals surface area contributed by atoms with Crippen molar-refractivity contribution in [1.82, 2.24) is 5.16 Å². The van der Waals surface area contributed by atoms with Gasteiger partial charge in [-0.25, -0.2) is 4.79 Å². The van der Waals surface area contributed by atoms with Crippen LogP contribution in [0, 0.1) is 6.92 Å². The average Bonchev–Trinajstić information content (AvgIpc) is 2.92. The molecule has 0 aliphatic heterocycles. The van der Waals surface area contributed by atoms with Gasteiger partial charge in [-0.1, -0.05) is 11.2 Å². The van der Waals surface area contributed by atoms with Crippen LogP contribution in [0.5, 0.6) is 5.75 Å². The molecule has 0 unspecified atom stereocenters. The Morgan fingerprint density at radius 3 is 2.75 bits per heavy atom. The molecular weight excluding hydrogens is 314 g/mol. The van der Waals surface area contributed by atoms with Gasteiger partial charge in [0.15, 0.2) is 11.9 Å². The number of nitrogens with zero attached hydrogens (tertiary/aromatic N) is 1. The van der Waals surface area contributed by atoms with Gasteiger partial charge in [-0.15, -0.1) is 0 Å². The van der Waals surface area contributed by atoms with Crippen molar-refractivity contribution in [2.24, 2.45) is 0 Å². The summed E-state index contributed by atoms with van der Waals surface area (Å²) < 4.78 is 15.3. The Balaban J connectivity index is 1.94. The topological polar surface area (TPSA) is 103 Å². The van der Waals surface area contributed by atoms with Crippen molar-refractivity contribution >= 4 is 23.5 Å². The summed E-state index contributed by atoms with van der Waals surface area (Å²) in [5, 5.41) is 8.84. The van der Waals surface area contributed by atoms with Gasteiger partial charge < -0.3 is 19.3 Å². The average molecular weight is 333 g/mol. The van der Waals surface area contributed by atoms with E-state index in [0.29, 0.717) is 23.0 Å². The van der Waals surface area contributed by atoms with E-state index < -0.39 is 12.2 Å². The van der Waals surface area contributed by atoms with Gasteiger partial charge in [0, 0.05) is 17.8 Å². The maximum atomic E-state index is 12.1. The van der Waals surface area contributed by atoms with E-state index in [4.69, 9.17) is 14.0 Å². The summed E-state index contributed by atoms with van der Waals surface area (Å²) in [5.41, 5.74) is 0.505. The van der Waals surface area contributed by atoms with Gasteiger partial charge >= 0.3 is 6.09 Å². The fraction of sp³-hybridized carbons (Fsp3) is 0.312. The van der Waals surface area contributed by atoms with Crippen molar-refractivity contribution in [3.05, 3.63) is 36.1 Å². The number of anilines is 2. The molecule has 0 fully saturated rings. The zero-order chi connectivity index (χ0) is 17.5. The fourth-order valence-corrected chi connectivity index (χ4v) is 1.84. The van der Waals surface area contributed by atoms with Crippen LogP contribution in [-0.4, -0.2) is 29.9 Å². The third-order valence-corrected chi connectivity index (χ3v) is 2.92. The smallest absolute Gasteiger partial charge is 0.411 e. The van der Waals surface area contributed by atoms with Gasteiger partial charge in [0.1, 0.15) is 11.5 Å². The molecule has 0 saturated carbocycles. The standard InChI is InChI=1S/C16H19N3O5/c1-4-22-16(21)17-12-6-5-7-13(9-12)23-11(3)15(20)18-14-8-10(2)24-19-14/h5-9,11H,4H2,1-3H3,(H,17,21)(H,18,19,20)/t11-/m1/s1. The first-order valence-corrected chi connectivity index (χ1v) is 7.42. The first kappa shape index (κ1) is 17.3. The Morgan fingerprint density at radius 2 is 2.08 bits per heavy atom. The molecule has 128 valence electrons. The predicted molar refractivity (Wildman–Crippen MR) is 87.0 cm³/mol. The molecule has 8 nitrogen and oxygen atoms in total. The second-order valence-corrected chi connectivity index (χ2v) is 4.95. The minimum atomic E-state index is -0.764. The normalized spacial score (nSPS) is 11.5. The molecular formula is C16H19N3O5. The summed E-state index contributed by atoms with van der Waals surface area (Å²) in [4.78, 5) is 23.5. The Bertz CT molecular complexity index is 713. The molecule has 1 aromatic heterocycles.